The van der Waals surface area contributed by atoms with E-state index in [9.17, 15) is 13.2 Å². The van der Waals surface area contributed by atoms with Crippen LogP contribution in [0, 0.1) is 0 Å². The molecule has 32 heavy (non-hydrogen) atoms. The van der Waals surface area contributed by atoms with Crippen molar-refractivity contribution in [1.29, 1.82) is 0 Å². The van der Waals surface area contributed by atoms with Crippen LogP contribution in [0.15, 0.2) is 77.7 Å². The molecule has 0 bridgehead atoms. The van der Waals surface area contributed by atoms with E-state index in [0.29, 0.717) is 10.8 Å². The summed E-state index contributed by atoms with van der Waals surface area (Å²) in [4.78, 5) is 12.9. The number of methoxy groups -OCH3 is 1. The van der Waals surface area contributed by atoms with Gasteiger partial charge in [-0.15, -0.1) is 0 Å². The van der Waals surface area contributed by atoms with Gasteiger partial charge in [0, 0.05) is 11.6 Å². The SMILES string of the molecule is COc1ccc(S(=O)(=O)N[C@H](Cc2ccccc2)C(=O)NCc2ccc(Cl)cc2)cc1Cl. The van der Waals surface area contributed by atoms with Crippen LogP contribution in [0.3, 0.4) is 0 Å². The Labute approximate surface area is 197 Å². The maximum Gasteiger partial charge on any atom is 0.241 e. The molecule has 3 aromatic carbocycles. The van der Waals surface area contributed by atoms with Crippen molar-refractivity contribution in [2.75, 3.05) is 7.11 Å². The first-order valence-corrected chi connectivity index (χ1v) is 11.9. The van der Waals surface area contributed by atoms with Crippen LogP contribution in [-0.4, -0.2) is 27.5 Å². The zero-order valence-electron chi connectivity index (χ0n) is 17.2. The Kier molecular flexibility index (Phi) is 8.15. The molecule has 0 radical (unpaired) electrons. The zero-order valence-corrected chi connectivity index (χ0v) is 19.5. The summed E-state index contributed by atoms with van der Waals surface area (Å²) >= 11 is 12.0. The van der Waals surface area contributed by atoms with E-state index >= 15 is 0 Å². The van der Waals surface area contributed by atoms with Gasteiger partial charge in [0.05, 0.1) is 17.0 Å². The Balaban J connectivity index is 1.80. The lowest BCUT2D eigenvalue weighted by atomic mass is 10.1. The van der Waals surface area contributed by atoms with E-state index in [1.807, 2.05) is 30.3 Å². The van der Waals surface area contributed by atoms with E-state index in [0.717, 1.165) is 11.1 Å². The van der Waals surface area contributed by atoms with Crippen LogP contribution in [0.4, 0.5) is 0 Å². The van der Waals surface area contributed by atoms with E-state index in [2.05, 4.69) is 10.0 Å². The minimum Gasteiger partial charge on any atom is -0.495 e. The van der Waals surface area contributed by atoms with Crippen molar-refractivity contribution in [3.05, 3.63) is 94.0 Å². The molecule has 0 heterocycles. The topological polar surface area (TPSA) is 84.5 Å². The Morgan fingerprint density at radius 2 is 1.66 bits per heavy atom. The minimum atomic E-state index is -4.03. The Morgan fingerprint density at radius 3 is 2.28 bits per heavy atom. The largest absolute Gasteiger partial charge is 0.495 e. The van der Waals surface area contributed by atoms with E-state index in [1.165, 1.54) is 25.3 Å². The highest BCUT2D eigenvalue weighted by Crippen LogP contribution is 2.27. The molecule has 3 rings (SSSR count). The molecule has 0 saturated carbocycles. The Morgan fingerprint density at radius 1 is 0.969 bits per heavy atom. The molecule has 0 aromatic heterocycles. The van der Waals surface area contributed by atoms with Crippen LogP contribution in [0.1, 0.15) is 11.1 Å². The van der Waals surface area contributed by atoms with Gasteiger partial charge in [0.25, 0.3) is 0 Å². The normalized spacial score (nSPS) is 12.2. The van der Waals surface area contributed by atoms with Crippen molar-refractivity contribution in [1.82, 2.24) is 10.0 Å². The molecular formula is C23H22Cl2N2O4S. The monoisotopic (exact) mass is 492 g/mol. The molecule has 0 aliphatic heterocycles. The van der Waals surface area contributed by atoms with E-state index in [-0.39, 0.29) is 22.9 Å². The summed E-state index contributed by atoms with van der Waals surface area (Å²) in [6.07, 6.45) is 0.177. The van der Waals surface area contributed by atoms with Crippen molar-refractivity contribution in [2.24, 2.45) is 0 Å². The van der Waals surface area contributed by atoms with E-state index in [1.54, 1.807) is 24.3 Å². The van der Waals surface area contributed by atoms with Crippen LogP contribution in [0.25, 0.3) is 0 Å². The van der Waals surface area contributed by atoms with Gasteiger partial charge in [0.15, 0.2) is 0 Å². The summed E-state index contributed by atoms with van der Waals surface area (Å²) in [5, 5.41) is 3.53. The molecule has 1 amide bonds. The van der Waals surface area contributed by atoms with Crippen LogP contribution in [0.5, 0.6) is 5.75 Å². The number of benzene rings is 3. The summed E-state index contributed by atoms with van der Waals surface area (Å²) in [6, 6.07) is 19.3. The second-order valence-corrected chi connectivity index (χ2v) is 9.56. The minimum absolute atomic E-state index is 0.0631. The molecule has 6 nitrogen and oxygen atoms in total. The fourth-order valence-electron chi connectivity index (χ4n) is 3.02. The summed E-state index contributed by atoms with van der Waals surface area (Å²) in [5.74, 6) is -0.0980. The van der Waals surface area contributed by atoms with Crippen LogP contribution < -0.4 is 14.8 Å². The van der Waals surface area contributed by atoms with Crippen LogP contribution >= 0.6 is 23.2 Å². The van der Waals surface area contributed by atoms with Gasteiger partial charge in [0.1, 0.15) is 11.8 Å². The van der Waals surface area contributed by atoms with Crippen molar-refractivity contribution in [2.45, 2.75) is 23.9 Å². The van der Waals surface area contributed by atoms with E-state index in [4.69, 9.17) is 27.9 Å². The summed E-state index contributed by atoms with van der Waals surface area (Å²) in [6.45, 7) is 0.234. The second kappa shape index (κ2) is 10.8. The maximum absolute atomic E-state index is 13.0. The third kappa shape index (κ3) is 6.46. The molecule has 9 heteroatoms. The second-order valence-electron chi connectivity index (χ2n) is 7.00. The summed E-state index contributed by atoms with van der Waals surface area (Å²) in [5.41, 5.74) is 1.65. The molecule has 0 unspecified atom stereocenters. The average Bonchev–Trinajstić information content (AvgIpc) is 2.78. The standard InChI is InChI=1S/C23H22Cl2N2O4S/c1-31-22-12-11-19(14-20(22)25)32(29,30)27-21(13-16-5-3-2-4-6-16)23(28)26-15-17-7-9-18(24)10-8-17/h2-12,14,21,27H,13,15H2,1H3,(H,26,28)/t21-/m1/s1. The highest BCUT2D eigenvalue weighted by molar-refractivity contribution is 7.89. The highest BCUT2D eigenvalue weighted by Gasteiger charge is 2.26. The van der Waals surface area contributed by atoms with Crippen molar-refractivity contribution >= 4 is 39.1 Å². The molecule has 0 aliphatic carbocycles. The number of rotatable bonds is 9. The number of hydrogen-bond donors (Lipinski definition) is 2. The predicted octanol–water partition coefficient (Wildman–Crippen LogP) is 4.21. The zero-order chi connectivity index (χ0) is 23.1. The van der Waals surface area contributed by atoms with Crippen LogP contribution in [0.2, 0.25) is 10.0 Å². The number of amides is 1. The van der Waals surface area contributed by atoms with Gasteiger partial charge in [-0.3, -0.25) is 4.79 Å². The molecular weight excluding hydrogens is 471 g/mol. The molecule has 0 fully saturated rings. The van der Waals surface area contributed by atoms with Gasteiger partial charge < -0.3 is 10.1 Å². The molecule has 0 saturated heterocycles. The first kappa shape index (κ1) is 24.1. The first-order chi connectivity index (χ1) is 15.3. The van der Waals surface area contributed by atoms with Crippen LogP contribution in [-0.2, 0) is 27.8 Å². The van der Waals surface area contributed by atoms with Crippen molar-refractivity contribution < 1.29 is 17.9 Å². The third-order valence-electron chi connectivity index (χ3n) is 4.71. The predicted molar refractivity (Wildman–Crippen MR) is 126 cm³/mol. The molecule has 3 aromatic rings. The lowest BCUT2D eigenvalue weighted by Crippen LogP contribution is -2.47. The first-order valence-electron chi connectivity index (χ1n) is 9.70. The molecule has 0 spiro atoms. The molecule has 1 atom stereocenters. The fraction of sp³-hybridized carbons (Fsp3) is 0.174. The van der Waals surface area contributed by atoms with Crippen molar-refractivity contribution in [3.63, 3.8) is 0 Å². The number of hydrogen-bond acceptors (Lipinski definition) is 4. The molecule has 168 valence electrons. The lowest BCUT2D eigenvalue weighted by molar-refractivity contribution is -0.122. The molecule has 0 aliphatic rings. The summed E-state index contributed by atoms with van der Waals surface area (Å²) < 4.78 is 33.6. The molecule has 2 N–H and O–H groups in total. The summed E-state index contributed by atoms with van der Waals surface area (Å²) in [7, 11) is -2.59. The smallest absolute Gasteiger partial charge is 0.241 e. The van der Waals surface area contributed by atoms with Gasteiger partial charge in [-0.2, -0.15) is 4.72 Å². The number of halogens is 2. The van der Waals surface area contributed by atoms with E-state index < -0.39 is 22.0 Å². The third-order valence-corrected chi connectivity index (χ3v) is 6.73. The number of ether oxygens (including phenoxy) is 1. The highest BCUT2D eigenvalue weighted by atomic mass is 35.5. The number of carbonyl (C=O) groups excluding carboxylic acids is 1. The Hall–Kier alpha value is -2.58. The van der Waals surface area contributed by atoms with Gasteiger partial charge in [0.2, 0.25) is 15.9 Å². The quantitative estimate of drug-likeness (QED) is 0.468. The van der Waals surface area contributed by atoms with Gasteiger partial charge in [-0.25, -0.2) is 8.42 Å². The van der Waals surface area contributed by atoms with Gasteiger partial charge in [-0.05, 0) is 47.9 Å². The number of sulfonamides is 1. The lowest BCUT2D eigenvalue weighted by Gasteiger charge is -2.19. The van der Waals surface area contributed by atoms with Crippen molar-refractivity contribution in [3.8, 4) is 5.75 Å². The average molecular weight is 493 g/mol. The number of carbonyl (C=O) groups is 1. The number of nitrogens with one attached hydrogen (secondary N) is 2. The maximum atomic E-state index is 13.0. The van der Waals surface area contributed by atoms with Gasteiger partial charge >= 0.3 is 0 Å². The Bertz CT molecular complexity index is 1170. The van der Waals surface area contributed by atoms with Gasteiger partial charge in [-0.1, -0.05) is 65.7 Å². The fourth-order valence-corrected chi connectivity index (χ4v) is 4.69.